The number of carbonyl (C=O) groups excluding carboxylic acids is 1. The zero-order valence-corrected chi connectivity index (χ0v) is 11.3. The first kappa shape index (κ1) is 12.9. The predicted molar refractivity (Wildman–Crippen MR) is 72.1 cm³/mol. The van der Waals surface area contributed by atoms with Gasteiger partial charge < -0.3 is 10.1 Å². The van der Waals surface area contributed by atoms with Crippen LogP contribution in [-0.2, 0) is 11.8 Å². The van der Waals surface area contributed by atoms with Gasteiger partial charge in [-0.3, -0.25) is 14.2 Å². The van der Waals surface area contributed by atoms with Gasteiger partial charge in [0.1, 0.15) is 0 Å². The summed E-state index contributed by atoms with van der Waals surface area (Å²) in [5, 5.41) is 9.15. The third kappa shape index (κ3) is 1.84. The molecule has 0 spiro atoms. The molecule has 1 aliphatic carbocycles. The maximum absolute atomic E-state index is 12.2. The lowest BCUT2D eigenvalue weighted by Gasteiger charge is -2.03. The Bertz CT molecular complexity index is 805. The lowest BCUT2D eigenvalue weighted by Crippen LogP contribution is -2.11. The minimum atomic E-state index is -0.955. The van der Waals surface area contributed by atoms with Crippen molar-refractivity contribution in [2.24, 2.45) is 18.9 Å². The Hall–Kier alpha value is -2.08. The number of benzene rings is 1. The number of hydrogen-bond donors (Lipinski definition) is 2. The molecule has 7 heteroatoms. The molecule has 1 saturated carbocycles. The van der Waals surface area contributed by atoms with E-state index in [1.807, 2.05) is 0 Å². The van der Waals surface area contributed by atoms with Crippen molar-refractivity contribution >= 4 is 34.4 Å². The molecule has 2 aromatic rings. The highest BCUT2D eigenvalue weighted by molar-refractivity contribution is 6.35. The van der Waals surface area contributed by atoms with E-state index in [4.69, 9.17) is 16.7 Å². The fourth-order valence-electron chi connectivity index (χ4n) is 2.45. The van der Waals surface area contributed by atoms with Gasteiger partial charge in [0.2, 0.25) is 0 Å². The van der Waals surface area contributed by atoms with E-state index in [-0.39, 0.29) is 11.5 Å². The van der Waals surface area contributed by atoms with Crippen molar-refractivity contribution in [3.63, 3.8) is 0 Å². The molecule has 2 atom stereocenters. The molecular weight excluding hydrogens is 284 g/mol. The highest BCUT2D eigenvalue weighted by atomic mass is 35.5. The number of carboxylic acid groups (broad SMARTS) is 1. The van der Waals surface area contributed by atoms with Crippen LogP contribution in [0.3, 0.4) is 0 Å². The molecule has 3 rings (SSSR count). The number of Topliss-reactive ketones (excluding diaryl/α,β-unsaturated/α-hetero) is 1. The van der Waals surface area contributed by atoms with E-state index in [9.17, 15) is 14.4 Å². The first-order valence-electron chi connectivity index (χ1n) is 6.05. The van der Waals surface area contributed by atoms with Crippen molar-refractivity contribution in [2.75, 3.05) is 0 Å². The number of aromatic nitrogens is 2. The molecule has 1 fully saturated rings. The molecule has 0 aliphatic heterocycles. The van der Waals surface area contributed by atoms with Gasteiger partial charge in [-0.15, -0.1) is 0 Å². The number of aryl methyl sites for hydroxylation is 1. The molecule has 104 valence electrons. The molecule has 1 aromatic heterocycles. The molecule has 0 unspecified atom stereocenters. The summed E-state index contributed by atoms with van der Waals surface area (Å²) in [7, 11) is 1.58. The minimum absolute atomic E-state index is 0.245. The summed E-state index contributed by atoms with van der Waals surface area (Å²) in [4.78, 5) is 37.2. The van der Waals surface area contributed by atoms with Crippen LogP contribution in [0.25, 0.3) is 11.0 Å². The van der Waals surface area contributed by atoms with Crippen LogP contribution in [0.4, 0.5) is 0 Å². The van der Waals surface area contributed by atoms with Crippen molar-refractivity contribution in [3.8, 4) is 0 Å². The Balaban J connectivity index is 2.04. The third-order valence-electron chi connectivity index (χ3n) is 3.67. The molecule has 0 saturated heterocycles. The zero-order valence-electron chi connectivity index (χ0n) is 10.5. The number of imidazole rings is 1. The number of hydrogen-bond acceptors (Lipinski definition) is 3. The summed E-state index contributed by atoms with van der Waals surface area (Å²) < 4.78 is 1.36. The van der Waals surface area contributed by atoms with Gasteiger partial charge in [0.25, 0.3) is 0 Å². The van der Waals surface area contributed by atoms with Crippen molar-refractivity contribution in [2.45, 2.75) is 6.42 Å². The number of fused-ring (bicyclic) bond motifs is 1. The molecule has 0 radical (unpaired) electrons. The standard InChI is InChI=1S/C13H11ClN2O4/c1-16-10-8(14)2-5(3-9(10)15-13(16)20)11(17)6-4-7(6)12(18)19/h2-3,6-7H,4H2,1H3,(H,15,20)(H,18,19)/t6-,7-/m0/s1. The Morgan fingerprint density at radius 2 is 2.10 bits per heavy atom. The van der Waals surface area contributed by atoms with Crippen LogP contribution in [0.15, 0.2) is 16.9 Å². The predicted octanol–water partition coefficient (Wildman–Crippen LogP) is 1.42. The van der Waals surface area contributed by atoms with Crippen molar-refractivity contribution in [3.05, 3.63) is 33.2 Å². The van der Waals surface area contributed by atoms with Gasteiger partial charge in [-0.05, 0) is 18.6 Å². The second kappa shape index (κ2) is 4.21. The van der Waals surface area contributed by atoms with E-state index in [2.05, 4.69) is 4.98 Å². The molecule has 0 amide bonds. The van der Waals surface area contributed by atoms with Gasteiger partial charge in [-0.25, -0.2) is 4.79 Å². The van der Waals surface area contributed by atoms with Gasteiger partial charge in [-0.1, -0.05) is 11.6 Å². The summed E-state index contributed by atoms with van der Waals surface area (Å²) in [6.45, 7) is 0. The number of carbonyl (C=O) groups is 2. The summed E-state index contributed by atoms with van der Waals surface area (Å²) in [5.74, 6) is -2.29. The lowest BCUT2D eigenvalue weighted by atomic mass is 10.1. The van der Waals surface area contributed by atoms with Crippen molar-refractivity contribution < 1.29 is 14.7 Å². The third-order valence-corrected chi connectivity index (χ3v) is 3.96. The van der Waals surface area contributed by atoms with Gasteiger partial charge in [0.05, 0.1) is 22.0 Å². The highest BCUT2D eigenvalue weighted by Gasteiger charge is 2.48. The number of nitrogens with zero attached hydrogens (tertiary/aromatic N) is 1. The van der Waals surface area contributed by atoms with E-state index in [0.29, 0.717) is 28.0 Å². The summed E-state index contributed by atoms with van der Waals surface area (Å²) >= 11 is 6.10. The maximum atomic E-state index is 12.2. The Labute approximate surface area is 118 Å². The van der Waals surface area contributed by atoms with Crippen molar-refractivity contribution in [1.29, 1.82) is 0 Å². The average molecular weight is 295 g/mol. The van der Waals surface area contributed by atoms with E-state index < -0.39 is 17.8 Å². The number of H-pyrrole nitrogens is 1. The quantitative estimate of drug-likeness (QED) is 0.838. The van der Waals surface area contributed by atoms with E-state index in [1.165, 1.54) is 10.6 Å². The zero-order chi connectivity index (χ0) is 14.6. The second-order valence-corrected chi connectivity index (χ2v) is 5.40. The van der Waals surface area contributed by atoms with E-state index >= 15 is 0 Å². The normalized spacial score (nSPS) is 21.1. The van der Waals surface area contributed by atoms with E-state index in [1.54, 1.807) is 13.1 Å². The van der Waals surface area contributed by atoms with Gasteiger partial charge >= 0.3 is 11.7 Å². The molecule has 2 N–H and O–H groups in total. The van der Waals surface area contributed by atoms with E-state index in [0.717, 1.165) is 0 Å². The molecule has 1 heterocycles. The molecule has 1 aromatic carbocycles. The Morgan fingerprint density at radius 3 is 2.70 bits per heavy atom. The maximum Gasteiger partial charge on any atom is 0.326 e. The fraction of sp³-hybridized carbons (Fsp3) is 0.308. The smallest absolute Gasteiger partial charge is 0.326 e. The molecule has 0 bridgehead atoms. The number of aliphatic carboxylic acids is 1. The van der Waals surface area contributed by atoms with Crippen LogP contribution in [0.1, 0.15) is 16.8 Å². The van der Waals surface area contributed by atoms with Crippen molar-refractivity contribution in [1.82, 2.24) is 9.55 Å². The molecular formula is C13H11ClN2O4. The number of rotatable bonds is 3. The first-order chi connectivity index (χ1) is 9.40. The van der Waals surface area contributed by atoms with Gasteiger partial charge in [-0.2, -0.15) is 0 Å². The first-order valence-corrected chi connectivity index (χ1v) is 6.43. The number of ketones is 1. The molecule has 20 heavy (non-hydrogen) atoms. The Morgan fingerprint density at radius 1 is 1.40 bits per heavy atom. The summed E-state index contributed by atoms with van der Waals surface area (Å²) in [6.07, 6.45) is 0.356. The van der Waals surface area contributed by atoms with Gasteiger partial charge in [0.15, 0.2) is 5.78 Å². The lowest BCUT2D eigenvalue weighted by molar-refractivity contribution is -0.138. The fourth-order valence-corrected chi connectivity index (χ4v) is 2.80. The largest absolute Gasteiger partial charge is 0.481 e. The summed E-state index contributed by atoms with van der Waals surface area (Å²) in [5.41, 5.74) is 1.01. The van der Waals surface area contributed by atoms with Crippen LogP contribution < -0.4 is 5.69 Å². The topological polar surface area (TPSA) is 92.2 Å². The molecule has 1 aliphatic rings. The Kier molecular flexibility index (Phi) is 2.72. The number of nitrogens with one attached hydrogen (secondary N) is 1. The van der Waals surface area contributed by atoms with Crippen LogP contribution in [0, 0.1) is 11.8 Å². The monoisotopic (exact) mass is 294 g/mol. The summed E-state index contributed by atoms with van der Waals surface area (Å²) in [6, 6.07) is 3.03. The van der Waals surface area contributed by atoms with Crippen LogP contribution >= 0.6 is 11.6 Å². The van der Waals surface area contributed by atoms with Gasteiger partial charge in [0, 0.05) is 18.5 Å². The number of halogens is 1. The SMILES string of the molecule is Cn1c(=O)[nH]c2cc(C(=O)[C@H]3C[C@@H]3C(=O)O)cc(Cl)c21. The average Bonchev–Trinajstić information content (AvgIpc) is 3.11. The molecule has 6 nitrogen and oxygen atoms in total. The van der Waals surface area contributed by atoms with Crippen LogP contribution in [-0.4, -0.2) is 26.4 Å². The minimum Gasteiger partial charge on any atom is -0.481 e. The number of aromatic amines is 1. The second-order valence-electron chi connectivity index (χ2n) is 4.99. The highest BCUT2D eigenvalue weighted by Crippen LogP contribution is 2.41. The van der Waals surface area contributed by atoms with Crippen LogP contribution in [0.2, 0.25) is 5.02 Å². The van der Waals surface area contributed by atoms with Crippen LogP contribution in [0.5, 0.6) is 0 Å². The number of carboxylic acids is 1.